The van der Waals surface area contributed by atoms with Crippen LogP contribution in [0.4, 0.5) is 5.69 Å². The van der Waals surface area contributed by atoms with Crippen LogP contribution in [-0.2, 0) is 0 Å². The van der Waals surface area contributed by atoms with Crippen LogP contribution in [0.15, 0.2) is 22.7 Å². The Kier molecular flexibility index (Phi) is 4.98. The van der Waals surface area contributed by atoms with Gasteiger partial charge in [0, 0.05) is 23.3 Å². The highest BCUT2D eigenvalue weighted by Crippen LogP contribution is 2.23. The Hall–Kier alpha value is -0.540. The van der Waals surface area contributed by atoms with Crippen LogP contribution >= 0.6 is 15.9 Å². The molecule has 0 unspecified atom stereocenters. The van der Waals surface area contributed by atoms with E-state index < -0.39 is 0 Å². The number of nitrogens with one attached hydrogen (secondary N) is 1. The predicted octanol–water partition coefficient (Wildman–Crippen LogP) is 2.94. The number of unbranched alkanes of at least 4 members (excludes halogenated alkanes) is 1. The summed E-state index contributed by atoms with van der Waals surface area (Å²) in [5.41, 5.74) is 2.40. The lowest BCUT2D eigenvalue weighted by Gasteiger charge is -2.09. The molecule has 0 aliphatic rings. The minimum absolute atomic E-state index is 0.277. The molecule has 0 atom stereocenters. The number of hydrogen-bond acceptors (Lipinski definition) is 2. The van der Waals surface area contributed by atoms with Crippen molar-refractivity contribution in [1.82, 2.24) is 0 Å². The minimum atomic E-state index is 0.277. The summed E-state index contributed by atoms with van der Waals surface area (Å²) in [6.45, 7) is 3.27. The molecular formula is C11H16BrNO. The maximum atomic E-state index is 8.63. The first-order valence-electron chi connectivity index (χ1n) is 4.85. The van der Waals surface area contributed by atoms with Crippen LogP contribution in [0, 0.1) is 6.92 Å². The van der Waals surface area contributed by atoms with E-state index in [1.165, 1.54) is 5.56 Å². The summed E-state index contributed by atoms with van der Waals surface area (Å²) >= 11 is 3.49. The molecule has 0 spiro atoms. The van der Waals surface area contributed by atoms with Crippen molar-refractivity contribution in [2.24, 2.45) is 0 Å². The topological polar surface area (TPSA) is 32.3 Å². The van der Waals surface area contributed by atoms with Crippen LogP contribution in [0.2, 0.25) is 0 Å². The van der Waals surface area contributed by atoms with Gasteiger partial charge in [-0.3, -0.25) is 0 Å². The van der Waals surface area contributed by atoms with Gasteiger partial charge in [0.15, 0.2) is 0 Å². The summed E-state index contributed by atoms with van der Waals surface area (Å²) in [5.74, 6) is 0. The fraction of sp³-hybridized carbons (Fsp3) is 0.455. The van der Waals surface area contributed by atoms with Crippen LogP contribution < -0.4 is 5.32 Å². The number of rotatable bonds is 5. The molecule has 0 heterocycles. The largest absolute Gasteiger partial charge is 0.396 e. The highest BCUT2D eigenvalue weighted by atomic mass is 79.9. The molecule has 1 rings (SSSR count). The maximum absolute atomic E-state index is 8.63. The monoisotopic (exact) mass is 257 g/mol. The number of aliphatic hydroxyl groups excluding tert-OH is 1. The van der Waals surface area contributed by atoms with Gasteiger partial charge in [0.1, 0.15) is 0 Å². The molecule has 0 bridgehead atoms. The summed E-state index contributed by atoms with van der Waals surface area (Å²) in [5, 5.41) is 12.0. The number of hydrogen-bond donors (Lipinski definition) is 2. The molecule has 14 heavy (non-hydrogen) atoms. The fourth-order valence-electron chi connectivity index (χ4n) is 1.26. The first-order valence-corrected chi connectivity index (χ1v) is 5.65. The van der Waals surface area contributed by atoms with Crippen molar-refractivity contribution in [1.29, 1.82) is 0 Å². The molecule has 0 aromatic heterocycles. The van der Waals surface area contributed by atoms with E-state index in [1.807, 2.05) is 12.1 Å². The van der Waals surface area contributed by atoms with Crippen molar-refractivity contribution in [2.75, 3.05) is 18.5 Å². The third-order valence-corrected chi connectivity index (χ3v) is 3.03. The Morgan fingerprint density at radius 3 is 2.86 bits per heavy atom. The van der Waals surface area contributed by atoms with E-state index in [9.17, 15) is 0 Å². The Balaban J connectivity index is 2.46. The van der Waals surface area contributed by atoms with E-state index >= 15 is 0 Å². The number of aliphatic hydroxyl groups is 1. The van der Waals surface area contributed by atoms with Gasteiger partial charge in [-0.15, -0.1) is 0 Å². The zero-order chi connectivity index (χ0) is 10.4. The van der Waals surface area contributed by atoms with Crippen molar-refractivity contribution in [3.05, 3.63) is 28.2 Å². The minimum Gasteiger partial charge on any atom is -0.396 e. The zero-order valence-corrected chi connectivity index (χ0v) is 9.97. The first kappa shape index (κ1) is 11.5. The quantitative estimate of drug-likeness (QED) is 0.796. The molecule has 0 radical (unpaired) electrons. The molecule has 0 saturated carbocycles. The first-order chi connectivity index (χ1) is 6.75. The third-order valence-electron chi connectivity index (χ3n) is 2.17. The van der Waals surface area contributed by atoms with E-state index in [-0.39, 0.29) is 6.61 Å². The Morgan fingerprint density at radius 1 is 1.36 bits per heavy atom. The van der Waals surface area contributed by atoms with Gasteiger partial charge in [0.05, 0.1) is 0 Å². The fourth-order valence-corrected chi connectivity index (χ4v) is 1.63. The second-order valence-electron chi connectivity index (χ2n) is 3.27. The highest BCUT2D eigenvalue weighted by molar-refractivity contribution is 9.10. The van der Waals surface area contributed by atoms with Crippen molar-refractivity contribution in [3.8, 4) is 0 Å². The van der Waals surface area contributed by atoms with E-state index in [2.05, 4.69) is 34.2 Å². The number of benzene rings is 1. The summed E-state index contributed by atoms with van der Waals surface area (Å²) < 4.78 is 1.13. The van der Waals surface area contributed by atoms with Gasteiger partial charge in [-0.05, 0) is 37.5 Å². The molecule has 78 valence electrons. The molecule has 0 fully saturated rings. The number of halogens is 1. The molecule has 0 saturated heterocycles. The van der Waals surface area contributed by atoms with Crippen molar-refractivity contribution >= 4 is 21.6 Å². The normalized spacial score (nSPS) is 10.2. The summed E-state index contributed by atoms with van der Waals surface area (Å²) in [7, 11) is 0. The molecule has 1 aromatic carbocycles. The van der Waals surface area contributed by atoms with E-state index in [1.54, 1.807) is 0 Å². The number of anilines is 1. The molecule has 3 heteroatoms. The molecule has 0 amide bonds. The van der Waals surface area contributed by atoms with E-state index in [4.69, 9.17) is 5.11 Å². The maximum Gasteiger partial charge on any atom is 0.0431 e. The Morgan fingerprint density at radius 2 is 2.14 bits per heavy atom. The van der Waals surface area contributed by atoms with Crippen LogP contribution in [0.1, 0.15) is 18.4 Å². The molecule has 0 aliphatic carbocycles. The molecular weight excluding hydrogens is 242 g/mol. The zero-order valence-electron chi connectivity index (χ0n) is 8.39. The lowest BCUT2D eigenvalue weighted by atomic mass is 10.2. The average Bonchev–Trinajstić information content (AvgIpc) is 2.19. The van der Waals surface area contributed by atoms with Crippen molar-refractivity contribution < 1.29 is 5.11 Å². The average molecular weight is 258 g/mol. The standard InChI is InChI=1S/C11H16BrNO/c1-9-10(12)5-4-6-11(9)13-7-2-3-8-14/h4-6,13-14H,2-3,7-8H2,1H3. The van der Waals surface area contributed by atoms with Crippen LogP contribution in [-0.4, -0.2) is 18.3 Å². The van der Waals surface area contributed by atoms with Gasteiger partial charge in [0.25, 0.3) is 0 Å². The predicted molar refractivity (Wildman–Crippen MR) is 63.7 cm³/mol. The molecule has 2 N–H and O–H groups in total. The molecule has 2 nitrogen and oxygen atoms in total. The van der Waals surface area contributed by atoms with Gasteiger partial charge >= 0.3 is 0 Å². The van der Waals surface area contributed by atoms with Gasteiger partial charge in [-0.1, -0.05) is 22.0 Å². The lowest BCUT2D eigenvalue weighted by molar-refractivity contribution is 0.286. The van der Waals surface area contributed by atoms with Crippen LogP contribution in [0.25, 0.3) is 0 Å². The highest BCUT2D eigenvalue weighted by Gasteiger charge is 1.99. The van der Waals surface area contributed by atoms with Gasteiger partial charge in [-0.25, -0.2) is 0 Å². The summed E-state index contributed by atoms with van der Waals surface area (Å²) in [6.07, 6.45) is 1.86. The summed E-state index contributed by atoms with van der Waals surface area (Å²) in [4.78, 5) is 0. The van der Waals surface area contributed by atoms with Crippen LogP contribution in [0.5, 0.6) is 0 Å². The second kappa shape index (κ2) is 6.04. The summed E-state index contributed by atoms with van der Waals surface area (Å²) in [6, 6.07) is 6.12. The second-order valence-corrected chi connectivity index (χ2v) is 4.12. The Labute approximate surface area is 93.5 Å². The van der Waals surface area contributed by atoms with Gasteiger partial charge in [-0.2, -0.15) is 0 Å². The Bertz CT molecular complexity index is 289. The van der Waals surface area contributed by atoms with Crippen molar-refractivity contribution in [3.63, 3.8) is 0 Å². The third kappa shape index (κ3) is 3.31. The lowest BCUT2D eigenvalue weighted by Crippen LogP contribution is -2.03. The van der Waals surface area contributed by atoms with E-state index in [0.717, 1.165) is 29.5 Å². The molecule has 1 aromatic rings. The van der Waals surface area contributed by atoms with Crippen LogP contribution in [0.3, 0.4) is 0 Å². The van der Waals surface area contributed by atoms with Crippen molar-refractivity contribution in [2.45, 2.75) is 19.8 Å². The SMILES string of the molecule is Cc1c(Br)cccc1NCCCCO. The van der Waals surface area contributed by atoms with Gasteiger partial charge in [0.2, 0.25) is 0 Å². The smallest absolute Gasteiger partial charge is 0.0431 e. The molecule has 0 aliphatic heterocycles. The van der Waals surface area contributed by atoms with Gasteiger partial charge < -0.3 is 10.4 Å². The van der Waals surface area contributed by atoms with E-state index in [0.29, 0.717) is 0 Å².